The molecule has 0 spiro atoms. The normalized spacial score (nSPS) is 14.9. The second kappa shape index (κ2) is 8.05. The van der Waals surface area contributed by atoms with Crippen molar-refractivity contribution < 1.29 is 18.4 Å². The van der Waals surface area contributed by atoms with Crippen LogP contribution in [0.3, 0.4) is 0 Å². The van der Waals surface area contributed by atoms with Crippen LogP contribution < -0.4 is 5.32 Å². The molecule has 0 bridgehead atoms. The zero-order chi connectivity index (χ0) is 20.4. The van der Waals surface area contributed by atoms with E-state index < -0.39 is 0 Å². The molecule has 4 rings (SSSR count). The number of aryl methyl sites for hydroxylation is 1. The largest absolute Gasteiger partial charge is 0.451 e. The van der Waals surface area contributed by atoms with Gasteiger partial charge in [0.05, 0.1) is 6.54 Å². The quantitative estimate of drug-likeness (QED) is 0.736. The van der Waals surface area contributed by atoms with Crippen molar-refractivity contribution in [2.45, 2.75) is 6.92 Å². The first-order valence-corrected chi connectivity index (χ1v) is 9.56. The summed E-state index contributed by atoms with van der Waals surface area (Å²) in [6.07, 6.45) is 0. The summed E-state index contributed by atoms with van der Waals surface area (Å²) in [6.45, 7) is 4.38. The highest BCUT2D eigenvalue weighted by atomic mass is 19.1. The number of anilines is 1. The number of piperazine rings is 1. The summed E-state index contributed by atoms with van der Waals surface area (Å²) in [4.78, 5) is 28.9. The van der Waals surface area contributed by atoms with E-state index in [2.05, 4.69) is 5.32 Å². The molecule has 7 heteroatoms. The maximum Gasteiger partial charge on any atom is 0.289 e. The number of rotatable bonds is 4. The van der Waals surface area contributed by atoms with Crippen LogP contribution in [0.2, 0.25) is 0 Å². The number of furan rings is 1. The third-order valence-electron chi connectivity index (χ3n) is 5.19. The lowest BCUT2D eigenvalue weighted by Gasteiger charge is -2.33. The number of benzene rings is 2. The van der Waals surface area contributed by atoms with Crippen LogP contribution in [0, 0.1) is 12.7 Å². The Bertz CT molecular complexity index is 1040. The molecule has 1 aliphatic rings. The SMILES string of the molecule is Cc1c(C(=O)N2CCN(CC(=O)Nc3ccc(F)cc3)CC2)oc2ccccc12. The second-order valence-corrected chi connectivity index (χ2v) is 7.18. The molecule has 29 heavy (non-hydrogen) atoms. The molecular weight excluding hydrogens is 373 g/mol. The van der Waals surface area contributed by atoms with Gasteiger partial charge in [0.2, 0.25) is 5.91 Å². The van der Waals surface area contributed by atoms with Crippen molar-refractivity contribution in [2.24, 2.45) is 0 Å². The summed E-state index contributed by atoms with van der Waals surface area (Å²) in [5.74, 6) is -0.240. The van der Waals surface area contributed by atoms with Crippen LogP contribution in [0.15, 0.2) is 52.9 Å². The highest BCUT2D eigenvalue weighted by Gasteiger charge is 2.27. The lowest BCUT2D eigenvalue weighted by Crippen LogP contribution is -2.50. The van der Waals surface area contributed by atoms with Gasteiger partial charge in [0.25, 0.3) is 5.91 Å². The van der Waals surface area contributed by atoms with Crippen LogP contribution in [0.25, 0.3) is 11.0 Å². The molecule has 1 aromatic heterocycles. The average Bonchev–Trinajstić information content (AvgIpc) is 3.06. The monoisotopic (exact) mass is 395 g/mol. The zero-order valence-electron chi connectivity index (χ0n) is 16.2. The van der Waals surface area contributed by atoms with Crippen molar-refractivity contribution >= 4 is 28.5 Å². The van der Waals surface area contributed by atoms with Gasteiger partial charge < -0.3 is 14.6 Å². The minimum absolute atomic E-state index is 0.117. The van der Waals surface area contributed by atoms with Gasteiger partial charge in [-0.1, -0.05) is 18.2 Å². The molecule has 3 aromatic rings. The Morgan fingerprint density at radius 2 is 1.72 bits per heavy atom. The average molecular weight is 395 g/mol. The number of halogens is 1. The molecule has 1 aliphatic heterocycles. The molecule has 1 N–H and O–H groups in total. The van der Waals surface area contributed by atoms with Gasteiger partial charge in [-0.2, -0.15) is 0 Å². The maximum absolute atomic E-state index is 12.9. The van der Waals surface area contributed by atoms with Crippen LogP contribution in [-0.4, -0.2) is 54.3 Å². The molecule has 2 heterocycles. The highest BCUT2D eigenvalue weighted by molar-refractivity contribution is 5.99. The molecule has 6 nitrogen and oxygen atoms in total. The number of amides is 2. The number of hydrogen-bond acceptors (Lipinski definition) is 4. The lowest BCUT2D eigenvalue weighted by molar-refractivity contribution is -0.117. The predicted molar refractivity (Wildman–Crippen MR) is 108 cm³/mol. The Labute approximate surface area is 167 Å². The Morgan fingerprint density at radius 1 is 1.03 bits per heavy atom. The number of fused-ring (bicyclic) bond motifs is 1. The maximum atomic E-state index is 12.9. The Kier molecular flexibility index (Phi) is 5.31. The number of nitrogens with zero attached hydrogens (tertiary/aromatic N) is 2. The van der Waals surface area contributed by atoms with Crippen LogP contribution in [0.4, 0.5) is 10.1 Å². The second-order valence-electron chi connectivity index (χ2n) is 7.18. The van der Waals surface area contributed by atoms with Crippen molar-refractivity contribution in [3.8, 4) is 0 Å². The molecule has 0 unspecified atom stereocenters. The Balaban J connectivity index is 1.32. The number of nitrogens with one attached hydrogen (secondary N) is 1. The summed E-state index contributed by atoms with van der Waals surface area (Å²) in [7, 11) is 0. The van der Waals surface area contributed by atoms with Gasteiger partial charge in [-0.05, 0) is 37.3 Å². The zero-order valence-corrected chi connectivity index (χ0v) is 16.2. The predicted octanol–water partition coefficient (Wildman–Crippen LogP) is 3.28. The van der Waals surface area contributed by atoms with E-state index in [1.54, 1.807) is 4.90 Å². The van der Waals surface area contributed by atoms with Crippen molar-refractivity contribution in [1.82, 2.24) is 9.80 Å². The van der Waals surface area contributed by atoms with Crippen LogP contribution in [0.5, 0.6) is 0 Å². The van der Waals surface area contributed by atoms with E-state index >= 15 is 0 Å². The molecule has 0 aliphatic carbocycles. The summed E-state index contributed by atoms with van der Waals surface area (Å²) in [6, 6.07) is 13.3. The van der Waals surface area contributed by atoms with Crippen LogP contribution in [-0.2, 0) is 4.79 Å². The Hall–Kier alpha value is -3.19. The fourth-order valence-corrected chi connectivity index (χ4v) is 3.57. The molecular formula is C22H22FN3O3. The first-order valence-electron chi connectivity index (χ1n) is 9.56. The molecule has 2 amide bonds. The van der Waals surface area contributed by atoms with E-state index in [0.717, 1.165) is 10.9 Å². The lowest BCUT2D eigenvalue weighted by atomic mass is 10.1. The van der Waals surface area contributed by atoms with Crippen molar-refractivity contribution in [1.29, 1.82) is 0 Å². The topological polar surface area (TPSA) is 65.8 Å². The molecule has 150 valence electrons. The first kappa shape index (κ1) is 19.1. The summed E-state index contributed by atoms with van der Waals surface area (Å²) >= 11 is 0. The van der Waals surface area contributed by atoms with Crippen molar-refractivity contribution in [2.75, 3.05) is 38.0 Å². The molecule has 2 aromatic carbocycles. The third-order valence-corrected chi connectivity index (χ3v) is 5.19. The molecule has 0 radical (unpaired) electrons. The van der Waals surface area contributed by atoms with Gasteiger partial charge in [-0.3, -0.25) is 14.5 Å². The minimum atomic E-state index is -0.344. The number of carbonyl (C=O) groups excluding carboxylic acids is 2. The van der Waals surface area contributed by atoms with Gasteiger partial charge >= 0.3 is 0 Å². The van der Waals surface area contributed by atoms with Gasteiger partial charge in [-0.25, -0.2) is 4.39 Å². The molecule has 0 saturated carbocycles. The van der Waals surface area contributed by atoms with Crippen LogP contribution >= 0.6 is 0 Å². The van der Waals surface area contributed by atoms with E-state index in [1.165, 1.54) is 24.3 Å². The van der Waals surface area contributed by atoms with E-state index in [4.69, 9.17) is 4.42 Å². The van der Waals surface area contributed by atoms with E-state index in [9.17, 15) is 14.0 Å². The van der Waals surface area contributed by atoms with Gasteiger partial charge in [0.1, 0.15) is 11.4 Å². The Morgan fingerprint density at radius 3 is 2.41 bits per heavy atom. The molecule has 1 saturated heterocycles. The number of para-hydroxylation sites is 1. The smallest absolute Gasteiger partial charge is 0.289 e. The highest BCUT2D eigenvalue weighted by Crippen LogP contribution is 2.26. The number of carbonyl (C=O) groups is 2. The fraction of sp³-hybridized carbons (Fsp3) is 0.273. The third kappa shape index (κ3) is 4.14. The van der Waals surface area contributed by atoms with Crippen LogP contribution in [0.1, 0.15) is 16.1 Å². The fourth-order valence-electron chi connectivity index (χ4n) is 3.57. The molecule has 0 atom stereocenters. The molecule has 1 fully saturated rings. The van der Waals surface area contributed by atoms with E-state index in [1.807, 2.05) is 36.1 Å². The summed E-state index contributed by atoms with van der Waals surface area (Å²) in [5.41, 5.74) is 2.13. The van der Waals surface area contributed by atoms with Crippen molar-refractivity contribution in [3.63, 3.8) is 0 Å². The minimum Gasteiger partial charge on any atom is -0.451 e. The summed E-state index contributed by atoms with van der Waals surface area (Å²) in [5, 5.41) is 3.71. The van der Waals surface area contributed by atoms with E-state index in [0.29, 0.717) is 43.2 Å². The first-order chi connectivity index (χ1) is 14.0. The number of hydrogen-bond donors (Lipinski definition) is 1. The van der Waals surface area contributed by atoms with Gasteiger partial charge in [0, 0.05) is 42.8 Å². The van der Waals surface area contributed by atoms with Crippen molar-refractivity contribution in [3.05, 3.63) is 65.7 Å². The summed E-state index contributed by atoms with van der Waals surface area (Å²) < 4.78 is 18.7. The van der Waals surface area contributed by atoms with E-state index in [-0.39, 0.29) is 24.2 Å². The van der Waals surface area contributed by atoms with Gasteiger partial charge in [-0.15, -0.1) is 0 Å². The van der Waals surface area contributed by atoms with Gasteiger partial charge in [0.15, 0.2) is 5.76 Å². The standard InChI is InChI=1S/C22H22FN3O3/c1-15-18-4-2-3-5-19(18)29-21(15)22(28)26-12-10-25(11-13-26)14-20(27)24-17-8-6-16(23)7-9-17/h2-9H,10-14H2,1H3,(H,24,27).